The standard InChI is InChI=1S/C24H24O4S.C2H4O2/c1-18-10-14-23(15-11-18)29(25,26)27-17-22-13-12-20-8-5-9-21(24(20)28-22)16-19-6-3-2-4-7-19;1-2(3)4/h2-11,14-15,22H,12-13,16-17H2,1H3;1H3,(H,3,4). The van der Waals surface area contributed by atoms with Gasteiger partial charge in [-0.25, -0.2) is 0 Å². The van der Waals surface area contributed by atoms with Crippen molar-refractivity contribution < 1.29 is 27.2 Å². The Morgan fingerprint density at radius 3 is 2.36 bits per heavy atom. The molecular weight excluding hydrogens is 440 g/mol. The van der Waals surface area contributed by atoms with Crippen molar-refractivity contribution in [2.45, 2.75) is 44.1 Å². The van der Waals surface area contributed by atoms with Gasteiger partial charge in [-0.3, -0.25) is 8.98 Å². The second kappa shape index (κ2) is 11.1. The number of benzene rings is 3. The van der Waals surface area contributed by atoms with Crippen molar-refractivity contribution in [3.05, 3.63) is 95.1 Å². The van der Waals surface area contributed by atoms with E-state index in [0.29, 0.717) is 0 Å². The van der Waals surface area contributed by atoms with E-state index in [4.69, 9.17) is 18.8 Å². The molecule has 3 aromatic carbocycles. The number of aryl methyl sites for hydroxylation is 2. The van der Waals surface area contributed by atoms with Crippen LogP contribution in [-0.2, 0) is 31.9 Å². The van der Waals surface area contributed by atoms with Gasteiger partial charge in [-0.1, -0.05) is 66.2 Å². The Balaban J connectivity index is 0.000000709. The number of aliphatic carboxylic acids is 1. The molecule has 33 heavy (non-hydrogen) atoms. The summed E-state index contributed by atoms with van der Waals surface area (Å²) in [5, 5.41) is 7.42. The smallest absolute Gasteiger partial charge is 0.300 e. The van der Waals surface area contributed by atoms with Crippen LogP contribution in [0.4, 0.5) is 0 Å². The zero-order valence-corrected chi connectivity index (χ0v) is 19.5. The predicted molar refractivity (Wildman–Crippen MR) is 126 cm³/mol. The Bertz CT molecular complexity index is 1170. The topological polar surface area (TPSA) is 89.9 Å². The van der Waals surface area contributed by atoms with Gasteiger partial charge in [-0.2, -0.15) is 8.42 Å². The lowest BCUT2D eigenvalue weighted by molar-refractivity contribution is -0.134. The molecule has 6 nitrogen and oxygen atoms in total. The summed E-state index contributed by atoms with van der Waals surface area (Å²) >= 11 is 0. The molecule has 0 spiro atoms. The zero-order valence-electron chi connectivity index (χ0n) is 18.7. The highest BCUT2D eigenvalue weighted by molar-refractivity contribution is 7.86. The summed E-state index contributed by atoms with van der Waals surface area (Å²) in [4.78, 5) is 9.17. The molecule has 0 aliphatic carbocycles. The van der Waals surface area contributed by atoms with Crippen molar-refractivity contribution in [1.29, 1.82) is 0 Å². The fourth-order valence-corrected chi connectivity index (χ4v) is 4.48. The minimum atomic E-state index is -3.79. The summed E-state index contributed by atoms with van der Waals surface area (Å²) in [5.74, 6) is 0.0314. The van der Waals surface area contributed by atoms with Crippen LogP contribution in [0.3, 0.4) is 0 Å². The molecule has 0 aromatic heterocycles. The van der Waals surface area contributed by atoms with E-state index >= 15 is 0 Å². The first-order valence-electron chi connectivity index (χ1n) is 10.7. The van der Waals surface area contributed by atoms with Gasteiger partial charge in [0.15, 0.2) is 0 Å². The first-order chi connectivity index (χ1) is 15.7. The summed E-state index contributed by atoms with van der Waals surface area (Å²) in [7, 11) is -3.79. The van der Waals surface area contributed by atoms with Crippen LogP contribution in [0.15, 0.2) is 77.7 Å². The first kappa shape index (κ1) is 24.5. The van der Waals surface area contributed by atoms with Crippen LogP contribution in [-0.4, -0.2) is 32.2 Å². The Kier molecular flexibility index (Phi) is 8.25. The van der Waals surface area contributed by atoms with Crippen molar-refractivity contribution in [3.63, 3.8) is 0 Å². The molecule has 1 unspecified atom stereocenters. The van der Waals surface area contributed by atoms with Crippen LogP contribution in [0.25, 0.3) is 0 Å². The van der Waals surface area contributed by atoms with Crippen molar-refractivity contribution in [3.8, 4) is 5.75 Å². The van der Waals surface area contributed by atoms with Crippen molar-refractivity contribution in [1.82, 2.24) is 0 Å². The van der Waals surface area contributed by atoms with E-state index in [-0.39, 0.29) is 17.6 Å². The van der Waals surface area contributed by atoms with Crippen LogP contribution in [0, 0.1) is 6.92 Å². The fourth-order valence-electron chi connectivity index (χ4n) is 3.54. The Hall–Kier alpha value is -3.16. The van der Waals surface area contributed by atoms with Crippen LogP contribution in [0.2, 0.25) is 0 Å². The van der Waals surface area contributed by atoms with E-state index in [1.54, 1.807) is 24.3 Å². The molecule has 1 aliphatic rings. The fraction of sp³-hybridized carbons (Fsp3) is 0.269. The summed E-state index contributed by atoms with van der Waals surface area (Å²) in [6, 6.07) is 23.1. The van der Waals surface area contributed by atoms with Crippen LogP contribution < -0.4 is 4.74 Å². The molecule has 1 aliphatic heterocycles. The van der Waals surface area contributed by atoms with E-state index in [2.05, 4.69) is 30.3 Å². The van der Waals surface area contributed by atoms with E-state index < -0.39 is 16.1 Å². The number of ether oxygens (including phenoxy) is 1. The minimum absolute atomic E-state index is 0.00925. The van der Waals surface area contributed by atoms with Gasteiger partial charge >= 0.3 is 0 Å². The quantitative estimate of drug-likeness (QED) is 0.524. The number of hydrogen-bond acceptors (Lipinski definition) is 5. The van der Waals surface area contributed by atoms with Crippen molar-refractivity contribution in [2.24, 2.45) is 0 Å². The van der Waals surface area contributed by atoms with Crippen molar-refractivity contribution >= 4 is 16.1 Å². The lowest BCUT2D eigenvalue weighted by Crippen LogP contribution is -2.29. The number of carboxylic acid groups (broad SMARTS) is 1. The number of carbonyl (C=O) groups is 1. The molecule has 1 N–H and O–H groups in total. The number of carboxylic acids is 1. The maximum atomic E-state index is 12.5. The van der Waals surface area contributed by atoms with Gasteiger partial charge in [0, 0.05) is 13.3 Å². The van der Waals surface area contributed by atoms with Gasteiger partial charge < -0.3 is 9.84 Å². The molecule has 1 heterocycles. The minimum Gasteiger partial charge on any atom is -0.487 e. The van der Waals surface area contributed by atoms with Crippen LogP contribution in [0.5, 0.6) is 5.75 Å². The molecule has 4 rings (SSSR count). The molecule has 7 heteroatoms. The van der Waals surface area contributed by atoms with E-state index in [9.17, 15) is 8.42 Å². The summed E-state index contributed by atoms with van der Waals surface area (Å²) < 4.78 is 36.4. The molecule has 0 saturated carbocycles. The molecule has 0 saturated heterocycles. The number of rotatable bonds is 6. The Morgan fingerprint density at radius 2 is 1.70 bits per heavy atom. The van der Waals surface area contributed by atoms with E-state index in [1.807, 2.05) is 25.1 Å². The van der Waals surface area contributed by atoms with Gasteiger partial charge in [-0.15, -0.1) is 0 Å². The highest BCUT2D eigenvalue weighted by Gasteiger charge is 2.25. The Morgan fingerprint density at radius 1 is 1.03 bits per heavy atom. The number of para-hydroxylation sites is 1. The van der Waals surface area contributed by atoms with E-state index in [0.717, 1.165) is 48.6 Å². The third-order valence-corrected chi connectivity index (χ3v) is 6.45. The molecule has 0 radical (unpaired) electrons. The Labute approximate surface area is 194 Å². The largest absolute Gasteiger partial charge is 0.487 e. The van der Waals surface area contributed by atoms with Gasteiger partial charge in [0.05, 0.1) is 4.90 Å². The second-order valence-electron chi connectivity index (χ2n) is 7.92. The lowest BCUT2D eigenvalue weighted by Gasteiger charge is -2.27. The highest BCUT2D eigenvalue weighted by atomic mass is 32.2. The second-order valence-corrected chi connectivity index (χ2v) is 9.53. The summed E-state index contributed by atoms with van der Waals surface area (Å²) in [5.41, 5.74) is 4.49. The molecule has 0 bridgehead atoms. The maximum Gasteiger partial charge on any atom is 0.300 e. The third kappa shape index (κ3) is 7.17. The molecule has 0 amide bonds. The monoisotopic (exact) mass is 468 g/mol. The predicted octanol–water partition coefficient (Wildman–Crippen LogP) is 4.78. The SMILES string of the molecule is CC(=O)O.Cc1ccc(S(=O)(=O)OCC2CCc3cccc(Cc4ccccc4)c3O2)cc1. The van der Waals surface area contributed by atoms with Crippen molar-refractivity contribution in [2.75, 3.05) is 6.61 Å². The normalized spacial score (nSPS) is 14.9. The maximum absolute atomic E-state index is 12.5. The average molecular weight is 469 g/mol. The van der Waals surface area contributed by atoms with Gasteiger partial charge in [0.25, 0.3) is 16.1 Å². The molecule has 174 valence electrons. The summed E-state index contributed by atoms with van der Waals surface area (Å²) in [6.45, 7) is 3.01. The van der Waals surface area contributed by atoms with Gasteiger partial charge in [0.2, 0.25) is 0 Å². The highest BCUT2D eigenvalue weighted by Crippen LogP contribution is 2.33. The van der Waals surface area contributed by atoms with Crippen LogP contribution >= 0.6 is 0 Å². The van der Waals surface area contributed by atoms with Gasteiger partial charge in [0.1, 0.15) is 18.5 Å². The van der Waals surface area contributed by atoms with E-state index in [1.165, 1.54) is 5.56 Å². The summed E-state index contributed by atoms with van der Waals surface area (Å²) in [6.07, 6.45) is 2.06. The number of hydrogen-bond donors (Lipinski definition) is 1. The molecule has 1 atom stereocenters. The van der Waals surface area contributed by atoms with Crippen LogP contribution in [0.1, 0.15) is 35.6 Å². The first-order valence-corrected chi connectivity index (χ1v) is 12.1. The van der Waals surface area contributed by atoms with Gasteiger partial charge in [-0.05, 0) is 48.6 Å². The molecule has 0 fully saturated rings. The molecular formula is C26H28O6S. The molecule has 3 aromatic rings. The third-order valence-electron chi connectivity index (χ3n) is 5.15. The number of fused-ring (bicyclic) bond motifs is 1. The average Bonchev–Trinajstić information content (AvgIpc) is 2.79. The lowest BCUT2D eigenvalue weighted by atomic mass is 9.96. The zero-order chi connectivity index (χ0) is 23.8.